The second-order valence-corrected chi connectivity index (χ2v) is 5.79. The van der Waals surface area contributed by atoms with Crippen LogP contribution in [0.1, 0.15) is 12.5 Å². The number of carbonyl (C=O) groups is 1. The lowest BCUT2D eigenvalue weighted by molar-refractivity contribution is -0.153. The first-order valence-electron chi connectivity index (χ1n) is 7.04. The lowest BCUT2D eigenvalue weighted by Crippen LogP contribution is -2.48. The predicted molar refractivity (Wildman–Crippen MR) is 83.5 cm³/mol. The first kappa shape index (κ1) is 17.4. The molecule has 1 unspecified atom stereocenters. The first-order chi connectivity index (χ1) is 11.1. The maximum atomic E-state index is 12.2. The molecule has 2 rings (SSSR count). The number of phenols is 2. The van der Waals surface area contributed by atoms with Gasteiger partial charge in [-0.25, -0.2) is 14.2 Å². The highest BCUT2D eigenvalue weighted by atomic mass is 16.5. The Morgan fingerprint density at radius 3 is 2.50 bits per heavy atom. The highest BCUT2D eigenvalue weighted by Gasteiger charge is 2.31. The molecule has 0 aliphatic rings. The number of nitrogens with two attached hydrogens (primary N) is 1. The van der Waals surface area contributed by atoms with E-state index in [2.05, 4.69) is 0 Å². The number of esters is 1. The third-order valence-corrected chi connectivity index (χ3v) is 3.52. The van der Waals surface area contributed by atoms with Crippen LogP contribution in [0.15, 0.2) is 29.2 Å². The van der Waals surface area contributed by atoms with E-state index in [-0.39, 0.29) is 23.8 Å². The molecule has 0 amide bonds. The fourth-order valence-electron chi connectivity index (χ4n) is 2.17. The van der Waals surface area contributed by atoms with Crippen LogP contribution in [0, 0.1) is 0 Å². The zero-order valence-corrected chi connectivity index (χ0v) is 13.3. The van der Waals surface area contributed by atoms with Crippen LogP contribution >= 0.6 is 0 Å². The Labute approximate surface area is 137 Å². The Morgan fingerprint density at radius 1 is 1.29 bits per heavy atom. The van der Waals surface area contributed by atoms with Gasteiger partial charge in [0.15, 0.2) is 18.2 Å². The molecule has 2 aromatic rings. The average molecular weight is 337 g/mol. The van der Waals surface area contributed by atoms with Crippen molar-refractivity contribution in [1.82, 2.24) is 9.13 Å². The summed E-state index contributed by atoms with van der Waals surface area (Å²) < 4.78 is 7.03. The SMILES string of the molecule is Cn1cc(O)n(COC(=O)C(C)(N)Cc2ccc(O)c(O)c2)c1=O. The standard InChI is InChI=1S/C15H19N3O6/c1-15(16,6-9-3-4-10(19)11(20)5-9)13(22)24-8-18-12(21)7-17(2)14(18)23/h3-5,7,19-21H,6,8,16H2,1-2H3. The average Bonchev–Trinajstić information content (AvgIpc) is 2.73. The summed E-state index contributed by atoms with van der Waals surface area (Å²) in [6.45, 7) is 0.963. The Hall–Kier alpha value is -2.94. The summed E-state index contributed by atoms with van der Waals surface area (Å²) in [7, 11) is 1.45. The number of hydrogen-bond acceptors (Lipinski definition) is 7. The lowest BCUT2D eigenvalue weighted by atomic mass is 9.94. The highest BCUT2D eigenvalue weighted by molar-refractivity contribution is 5.80. The minimum Gasteiger partial charge on any atom is -0.504 e. The van der Waals surface area contributed by atoms with E-state index < -0.39 is 23.9 Å². The van der Waals surface area contributed by atoms with Gasteiger partial charge in [-0.15, -0.1) is 0 Å². The van der Waals surface area contributed by atoms with Crippen LogP contribution in [0.25, 0.3) is 0 Å². The van der Waals surface area contributed by atoms with E-state index in [1.54, 1.807) is 0 Å². The summed E-state index contributed by atoms with van der Waals surface area (Å²) in [6, 6.07) is 4.09. The van der Waals surface area contributed by atoms with Gasteiger partial charge in [0.2, 0.25) is 5.88 Å². The van der Waals surface area contributed by atoms with Gasteiger partial charge in [0.25, 0.3) is 0 Å². The zero-order valence-electron chi connectivity index (χ0n) is 13.3. The normalized spacial score (nSPS) is 13.5. The third-order valence-electron chi connectivity index (χ3n) is 3.52. The van der Waals surface area contributed by atoms with Gasteiger partial charge >= 0.3 is 11.7 Å². The number of carbonyl (C=O) groups excluding carboxylic acids is 1. The van der Waals surface area contributed by atoms with E-state index >= 15 is 0 Å². The number of aryl methyl sites for hydroxylation is 1. The molecule has 0 spiro atoms. The number of aromatic nitrogens is 2. The molecule has 1 aromatic carbocycles. The fraction of sp³-hybridized carbons (Fsp3) is 0.333. The summed E-state index contributed by atoms with van der Waals surface area (Å²) in [6.07, 6.45) is 1.23. The molecule has 0 saturated heterocycles. The largest absolute Gasteiger partial charge is 0.504 e. The molecule has 24 heavy (non-hydrogen) atoms. The first-order valence-corrected chi connectivity index (χ1v) is 7.04. The van der Waals surface area contributed by atoms with E-state index in [4.69, 9.17) is 10.5 Å². The number of nitrogens with zero attached hydrogens (tertiary/aromatic N) is 2. The van der Waals surface area contributed by atoms with Gasteiger partial charge in [-0.3, -0.25) is 4.57 Å². The quantitative estimate of drug-likeness (QED) is 0.436. The van der Waals surface area contributed by atoms with Crippen LogP contribution < -0.4 is 11.4 Å². The molecular weight excluding hydrogens is 318 g/mol. The van der Waals surface area contributed by atoms with E-state index in [1.807, 2.05) is 0 Å². The van der Waals surface area contributed by atoms with Gasteiger partial charge < -0.3 is 25.8 Å². The predicted octanol–water partition coefficient (Wildman–Crippen LogP) is -0.236. The van der Waals surface area contributed by atoms with E-state index in [9.17, 15) is 24.9 Å². The van der Waals surface area contributed by atoms with Gasteiger partial charge in [0, 0.05) is 13.5 Å². The fourth-order valence-corrected chi connectivity index (χ4v) is 2.17. The maximum absolute atomic E-state index is 12.2. The van der Waals surface area contributed by atoms with Crippen LogP contribution in [0.2, 0.25) is 0 Å². The second-order valence-electron chi connectivity index (χ2n) is 5.79. The van der Waals surface area contributed by atoms with Crippen LogP contribution in [0.5, 0.6) is 17.4 Å². The molecule has 1 aromatic heterocycles. The summed E-state index contributed by atoms with van der Waals surface area (Å²) in [5, 5.41) is 28.3. The van der Waals surface area contributed by atoms with E-state index in [1.165, 1.54) is 38.4 Å². The molecule has 9 nitrogen and oxygen atoms in total. The van der Waals surface area contributed by atoms with Crippen molar-refractivity contribution in [3.8, 4) is 17.4 Å². The molecule has 1 atom stereocenters. The number of ether oxygens (including phenoxy) is 1. The Bertz CT molecular complexity index is 821. The molecular formula is C15H19N3O6. The van der Waals surface area contributed by atoms with Crippen molar-refractivity contribution < 1.29 is 24.9 Å². The van der Waals surface area contributed by atoms with Crippen molar-refractivity contribution in [1.29, 1.82) is 0 Å². The summed E-state index contributed by atoms with van der Waals surface area (Å²) >= 11 is 0. The van der Waals surface area contributed by atoms with Crippen molar-refractivity contribution >= 4 is 5.97 Å². The number of imidazole rings is 1. The molecule has 0 radical (unpaired) electrons. The lowest BCUT2D eigenvalue weighted by Gasteiger charge is -2.22. The van der Waals surface area contributed by atoms with Crippen LogP contribution in [0.3, 0.4) is 0 Å². The smallest absolute Gasteiger partial charge is 0.333 e. The van der Waals surface area contributed by atoms with Crippen molar-refractivity contribution in [2.45, 2.75) is 25.6 Å². The summed E-state index contributed by atoms with van der Waals surface area (Å²) in [5.41, 5.74) is 4.50. The van der Waals surface area contributed by atoms with Crippen LogP contribution in [0.4, 0.5) is 0 Å². The molecule has 1 heterocycles. The molecule has 9 heteroatoms. The topological polar surface area (TPSA) is 140 Å². The molecule has 5 N–H and O–H groups in total. The van der Waals surface area contributed by atoms with Gasteiger partial charge in [-0.1, -0.05) is 6.07 Å². The van der Waals surface area contributed by atoms with E-state index in [0.29, 0.717) is 5.56 Å². The van der Waals surface area contributed by atoms with E-state index in [0.717, 1.165) is 9.13 Å². The number of phenolic OH excluding ortho intramolecular Hbond substituents is 2. The molecule has 0 fully saturated rings. The monoisotopic (exact) mass is 337 g/mol. The number of aromatic hydroxyl groups is 3. The van der Waals surface area contributed by atoms with Crippen molar-refractivity contribution in [3.05, 3.63) is 40.4 Å². The molecule has 0 saturated carbocycles. The van der Waals surface area contributed by atoms with Gasteiger partial charge in [-0.2, -0.15) is 0 Å². The number of benzene rings is 1. The second kappa shape index (κ2) is 6.28. The van der Waals surface area contributed by atoms with Crippen molar-refractivity contribution in [3.63, 3.8) is 0 Å². The zero-order chi connectivity index (χ0) is 18.1. The maximum Gasteiger partial charge on any atom is 0.333 e. The van der Waals surface area contributed by atoms with Crippen molar-refractivity contribution in [2.24, 2.45) is 12.8 Å². The molecule has 0 bridgehead atoms. The number of hydrogen-bond donors (Lipinski definition) is 4. The Kier molecular flexibility index (Phi) is 4.56. The van der Waals surface area contributed by atoms with Crippen LogP contribution in [-0.2, 0) is 29.7 Å². The minimum atomic E-state index is -1.43. The summed E-state index contributed by atoms with van der Waals surface area (Å²) in [4.78, 5) is 23.9. The third kappa shape index (κ3) is 3.51. The van der Waals surface area contributed by atoms with Crippen molar-refractivity contribution in [2.75, 3.05) is 0 Å². The highest BCUT2D eigenvalue weighted by Crippen LogP contribution is 2.26. The molecule has 130 valence electrons. The summed E-state index contributed by atoms with van der Waals surface area (Å²) in [5.74, 6) is -1.72. The molecule has 0 aliphatic carbocycles. The Morgan fingerprint density at radius 2 is 1.96 bits per heavy atom. The van der Waals surface area contributed by atoms with Crippen LogP contribution in [-0.4, -0.2) is 36.0 Å². The van der Waals surface area contributed by atoms with Gasteiger partial charge in [0.05, 0.1) is 6.20 Å². The minimum absolute atomic E-state index is 0.0370. The molecule has 0 aliphatic heterocycles. The Balaban J connectivity index is 2.07. The number of rotatable bonds is 5. The van der Waals surface area contributed by atoms with Gasteiger partial charge in [-0.05, 0) is 24.6 Å². The van der Waals surface area contributed by atoms with Gasteiger partial charge in [0.1, 0.15) is 5.54 Å².